The summed E-state index contributed by atoms with van der Waals surface area (Å²) >= 11 is 0. The van der Waals surface area contributed by atoms with E-state index in [1.54, 1.807) is 56.9 Å². The fraction of sp³-hybridized carbons (Fsp3) is 0.593. The quantitative estimate of drug-likeness (QED) is 0.398. The van der Waals surface area contributed by atoms with Gasteiger partial charge in [0.2, 0.25) is 11.8 Å². The minimum Gasteiger partial charge on any atom is -0.444 e. The van der Waals surface area contributed by atoms with Crippen molar-refractivity contribution in [2.75, 3.05) is 6.54 Å². The molecule has 0 spiro atoms. The highest BCUT2D eigenvalue weighted by Gasteiger charge is 2.47. The summed E-state index contributed by atoms with van der Waals surface area (Å²) < 4.78 is 5.31. The molecule has 3 amide bonds. The molecule has 1 aliphatic rings. The summed E-state index contributed by atoms with van der Waals surface area (Å²) in [4.78, 5) is 41.0. The molecule has 0 aliphatic heterocycles. The van der Waals surface area contributed by atoms with Crippen molar-refractivity contribution in [1.82, 2.24) is 15.5 Å². The van der Waals surface area contributed by atoms with Gasteiger partial charge in [-0.05, 0) is 64.2 Å². The van der Waals surface area contributed by atoms with Gasteiger partial charge >= 0.3 is 6.09 Å². The Balaban J connectivity index is 2.33. The van der Waals surface area contributed by atoms with E-state index < -0.39 is 23.8 Å². The maximum absolute atomic E-state index is 13.6. The molecule has 0 heterocycles. The Morgan fingerprint density at radius 1 is 1.21 bits per heavy atom. The van der Waals surface area contributed by atoms with Crippen molar-refractivity contribution in [2.24, 2.45) is 5.92 Å². The molecule has 0 bridgehead atoms. The lowest BCUT2D eigenvalue weighted by Crippen LogP contribution is -2.53. The van der Waals surface area contributed by atoms with Crippen LogP contribution in [0.1, 0.15) is 84.4 Å². The van der Waals surface area contributed by atoms with E-state index in [0.717, 1.165) is 25.7 Å². The Morgan fingerprint density at radius 3 is 2.32 bits per heavy atom. The van der Waals surface area contributed by atoms with Crippen LogP contribution in [0.5, 0.6) is 0 Å². The van der Waals surface area contributed by atoms with Crippen LogP contribution in [0.3, 0.4) is 0 Å². The molecule has 1 aliphatic carbocycles. The Labute approximate surface area is 204 Å². The predicted molar refractivity (Wildman–Crippen MR) is 133 cm³/mol. The first-order valence-corrected chi connectivity index (χ1v) is 12.1. The molecule has 0 radical (unpaired) electrons. The Kier molecular flexibility index (Phi) is 9.55. The molecule has 2 rings (SSSR count). The van der Waals surface area contributed by atoms with Crippen LogP contribution in [0.15, 0.2) is 24.3 Å². The maximum Gasteiger partial charge on any atom is 0.408 e. The van der Waals surface area contributed by atoms with E-state index in [2.05, 4.69) is 30.4 Å². The summed E-state index contributed by atoms with van der Waals surface area (Å²) in [6, 6.07) is 5.37. The van der Waals surface area contributed by atoms with Gasteiger partial charge in [0.1, 0.15) is 17.7 Å². The van der Waals surface area contributed by atoms with Gasteiger partial charge in [-0.2, -0.15) is 0 Å². The Bertz CT molecular complexity index is 898. The number of nitrogens with zero attached hydrogens (tertiary/aromatic N) is 1. The smallest absolute Gasteiger partial charge is 0.408 e. The largest absolute Gasteiger partial charge is 0.444 e. The lowest BCUT2D eigenvalue weighted by Gasteiger charge is -2.34. The van der Waals surface area contributed by atoms with Crippen molar-refractivity contribution in [3.8, 4) is 12.3 Å². The van der Waals surface area contributed by atoms with Gasteiger partial charge in [-0.3, -0.25) is 9.59 Å². The van der Waals surface area contributed by atoms with E-state index >= 15 is 0 Å². The van der Waals surface area contributed by atoms with Crippen LogP contribution >= 0.6 is 0 Å². The van der Waals surface area contributed by atoms with Crippen LogP contribution in [-0.4, -0.2) is 47.0 Å². The summed E-state index contributed by atoms with van der Waals surface area (Å²) in [6.45, 7) is 11.6. The number of hydrogen-bond acceptors (Lipinski definition) is 4. The lowest BCUT2D eigenvalue weighted by atomic mass is 10.0. The van der Waals surface area contributed by atoms with Crippen molar-refractivity contribution in [2.45, 2.75) is 91.0 Å². The molecule has 7 nitrogen and oxygen atoms in total. The maximum atomic E-state index is 13.6. The van der Waals surface area contributed by atoms with Crippen molar-refractivity contribution in [3.05, 3.63) is 35.4 Å². The van der Waals surface area contributed by atoms with Crippen LogP contribution < -0.4 is 10.6 Å². The number of terminal acetylenes is 1. The average Bonchev–Trinajstić information content (AvgIpc) is 3.48. The van der Waals surface area contributed by atoms with Crippen molar-refractivity contribution in [1.29, 1.82) is 0 Å². The Hall–Kier alpha value is -3.01. The average molecular weight is 470 g/mol. The monoisotopic (exact) mass is 469 g/mol. The first-order chi connectivity index (χ1) is 16.0. The van der Waals surface area contributed by atoms with E-state index in [9.17, 15) is 14.4 Å². The van der Waals surface area contributed by atoms with Crippen molar-refractivity contribution in [3.63, 3.8) is 0 Å². The number of unbranched alkanes of at least 4 members (excludes halogenated alkanes) is 2. The van der Waals surface area contributed by atoms with Crippen molar-refractivity contribution >= 4 is 17.9 Å². The fourth-order valence-electron chi connectivity index (χ4n) is 3.83. The Morgan fingerprint density at radius 2 is 1.82 bits per heavy atom. The third-order valence-electron chi connectivity index (χ3n) is 5.78. The highest BCUT2D eigenvalue weighted by Crippen LogP contribution is 2.40. The minimum atomic E-state index is -0.858. The van der Waals surface area contributed by atoms with Crippen LogP contribution in [0.2, 0.25) is 0 Å². The van der Waals surface area contributed by atoms with Gasteiger partial charge in [0, 0.05) is 18.2 Å². The molecule has 2 N–H and O–H groups in total. The second kappa shape index (κ2) is 11.9. The molecule has 7 heteroatoms. The number of amides is 3. The van der Waals surface area contributed by atoms with Gasteiger partial charge in [-0.1, -0.05) is 44.7 Å². The van der Waals surface area contributed by atoms with Gasteiger partial charge in [0.15, 0.2) is 0 Å². The van der Waals surface area contributed by atoms with Crippen molar-refractivity contribution < 1.29 is 19.1 Å². The lowest BCUT2D eigenvalue weighted by molar-refractivity contribution is -0.143. The number of nitrogens with one attached hydrogen (secondary N) is 2. The zero-order valence-corrected chi connectivity index (χ0v) is 21.3. The summed E-state index contributed by atoms with van der Waals surface area (Å²) in [5.74, 6) is 2.28. The van der Waals surface area contributed by atoms with E-state index in [1.165, 1.54) is 0 Å². The fourth-order valence-corrected chi connectivity index (χ4v) is 3.83. The zero-order valence-electron chi connectivity index (χ0n) is 21.3. The molecular formula is C27H39N3O4. The minimum absolute atomic E-state index is 0.0888. The van der Waals surface area contributed by atoms with Gasteiger partial charge in [-0.25, -0.2) is 4.79 Å². The van der Waals surface area contributed by atoms with Crippen LogP contribution in [-0.2, 0) is 14.3 Å². The number of carbonyl (C=O) groups excluding carboxylic acids is 3. The molecule has 0 aromatic heterocycles. The molecule has 1 aromatic carbocycles. The van der Waals surface area contributed by atoms with Gasteiger partial charge in [0.25, 0.3) is 0 Å². The first-order valence-electron chi connectivity index (χ1n) is 12.1. The summed E-state index contributed by atoms with van der Waals surface area (Å²) in [7, 11) is 0. The van der Waals surface area contributed by atoms with Gasteiger partial charge in [0.05, 0.1) is 0 Å². The number of carbonyl (C=O) groups is 3. The molecule has 4 unspecified atom stereocenters. The summed E-state index contributed by atoms with van der Waals surface area (Å²) in [5.41, 5.74) is 0.699. The SMILES string of the molecule is C#Cc1ccc(C(C(=O)NCCCCC)N(C(=O)C(C)NC(=O)OC(C)(C)C)C2CC2C)cc1. The second-order valence-electron chi connectivity index (χ2n) is 10.1. The number of rotatable bonds is 10. The number of hydrogen-bond donors (Lipinski definition) is 2. The topological polar surface area (TPSA) is 87.7 Å². The molecule has 0 saturated heterocycles. The van der Waals surface area contributed by atoms with E-state index in [4.69, 9.17) is 11.2 Å². The van der Waals surface area contributed by atoms with Crippen LogP contribution in [0.4, 0.5) is 4.79 Å². The number of ether oxygens (including phenoxy) is 1. The molecule has 1 aromatic rings. The highest BCUT2D eigenvalue weighted by molar-refractivity contribution is 5.92. The molecule has 186 valence electrons. The molecule has 1 fully saturated rings. The molecule has 1 saturated carbocycles. The first kappa shape index (κ1) is 27.2. The summed E-state index contributed by atoms with van der Waals surface area (Å²) in [5, 5.41) is 5.63. The van der Waals surface area contributed by atoms with E-state index in [0.29, 0.717) is 17.7 Å². The van der Waals surface area contributed by atoms with E-state index in [-0.39, 0.29) is 23.8 Å². The van der Waals surface area contributed by atoms with E-state index in [1.807, 2.05) is 0 Å². The highest BCUT2D eigenvalue weighted by atomic mass is 16.6. The molecule has 34 heavy (non-hydrogen) atoms. The van der Waals surface area contributed by atoms with Gasteiger partial charge < -0.3 is 20.3 Å². The predicted octanol–water partition coefficient (Wildman–Crippen LogP) is 4.17. The number of alkyl carbamates (subject to hydrolysis) is 1. The third-order valence-corrected chi connectivity index (χ3v) is 5.78. The van der Waals surface area contributed by atoms with Crippen LogP contribution in [0, 0.1) is 18.3 Å². The normalized spacial score (nSPS) is 18.7. The van der Waals surface area contributed by atoms with Crippen LogP contribution in [0.25, 0.3) is 0 Å². The summed E-state index contributed by atoms with van der Waals surface area (Å²) in [6.07, 6.45) is 8.56. The molecule has 4 atom stereocenters. The zero-order chi connectivity index (χ0) is 25.5. The van der Waals surface area contributed by atoms with Gasteiger partial charge in [-0.15, -0.1) is 6.42 Å². The third kappa shape index (κ3) is 7.79. The standard InChI is InChI=1S/C27H39N3O4/c1-8-10-11-16-28-24(31)23(21-14-12-20(9-2)13-15-21)30(22-17-18(22)3)25(32)19(4)29-26(33)34-27(5,6)7/h2,12-15,18-19,22-23H,8,10-11,16-17H2,1,3-7H3,(H,28,31)(H,29,33). The second-order valence-corrected chi connectivity index (χ2v) is 10.1. The number of benzene rings is 1. The molecular weight excluding hydrogens is 430 g/mol.